The van der Waals surface area contributed by atoms with Gasteiger partial charge in [-0.1, -0.05) is 6.92 Å². The first-order valence-electron chi connectivity index (χ1n) is 6.10. The summed E-state index contributed by atoms with van der Waals surface area (Å²) in [5.41, 5.74) is 2.92. The fraction of sp³-hybridized carbons (Fsp3) is 0.417. The summed E-state index contributed by atoms with van der Waals surface area (Å²) in [5.74, 6) is 1.44. The summed E-state index contributed by atoms with van der Waals surface area (Å²) < 4.78 is 0.858. The first-order chi connectivity index (χ1) is 9.20. The Morgan fingerprint density at radius 1 is 1.32 bits per heavy atom. The third-order valence-corrected chi connectivity index (χ3v) is 4.05. The number of hydrogen-bond acceptors (Lipinski definition) is 6. The second kappa shape index (κ2) is 6.81. The SMILES string of the molecule is CCCNc1ncc(Br)c(NCc2scnc2C)n1. The van der Waals surface area contributed by atoms with Gasteiger partial charge < -0.3 is 10.6 Å². The Bertz CT molecular complexity index is 543. The normalized spacial score (nSPS) is 10.5. The van der Waals surface area contributed by atoms with Crippen LogP contribution in [0.3, 0.4) is 0 Å². The van der Waals surface area contributed by atoms with Gasteiger partial charge in [0.05, 0.1) is 22.2 Å². The Morgan fingerprint density at radius 3 is 2.84 bits per heavy atom. The monoisotopic (exact) mass is 341 g/mol. The van der Waals surface area contributed by atoms with Crippen molar-refractivity contribution in [2.75, 3.05) is 17.2 Å². The molecular weight excluding hydrogens is 326 g/mol. The van der Waals surface area contributed by atoms with Gasteiger partial charge in [-0.3, -0.25) is 0 Å². The summed E-state index contributed by atoms with van der Waals surface area (Å²) in [6.45, 7) is 5.71. The fourth-order valence-corrected chi connectivity index (χ4v) is 2.52. The van der Waals surface area contributed by atoms with Crippen LogP contribution in [-0.4, -0.2) is 21.5 Å². The number of aryl methyl sites for hydroxylation is 1. The molecule has 0 saturated heterocycles. The summed E-state index contributed by atoms with van der Waals surface area (Å²) in [6.07, 6.45) is 2.80. The summed E-state index contributed by atoms with van der Waals surface area (Å²) in [5, 5.41) is 6.48. The molecule has 0 aliphatic rings. The van der Waals surface area contributed by atoms with Crippen LogP contribution >= 0.6 is 27.3 Å². The summed E-state index contributed by atoms with van der Waals surface area (Å²) in [6, 6.07) is 0. The minimum Gasteiger partial charge on any atom is -0.364 e. The van der Waals surface area contributed by atoms with Crippen molar-refractivity contribution in [3.05, 3.63) is 26.8 Å². The lowest BCUT2D eigenvalue weighted by atomic mass is 10.4. The number of hydrogen-bond donors (Lipinski definition) is 2. The van der Waals surface area contributed by atoms with E-state index < -0.39 is 0 Å². The van der Waals surface area contributed by atoms with Crippen LogP contribution in [0.25, 0.3) is 0 Å². The van der Waals surface area contributed by atoms with Gasteiger partial charge in [0.15, 0.2) is 0 Å². The lowest BCUT2D eigenvalue weighted by molar-refractivity contribution is 0.948. The topological polar surface area (TPSA) is 62.7 Å². The number of aromatic nitrogens is 3. The molecule has 2 rings (SSSR count). The van der Waals surface area contributed by atoms with Crippen LogP contribution in [0, 0.1) is 6.92 Å². The molecule has 0 fully saturated rings. The first kappa shape index (κ1) is 14.2. The molecule has 2 heterocycles. The zero-order chi connectivity index (χ0) is 13.7. The van der Waals surface area contributed by atoms with Crippen molar-refractivity contribution in [2.24, 2.45) is 0 Å². The Kier molecular flexibility index (Phi) is 5.09. The molecule has 5 nitrogen and oxygen atoms in total. The molecule has 0 saturated carbocycles. The molecule has 0 aliphatic carbocycles. The van der Waals surface area contributed by atoms with Crippen molar-refractivity contribution in [2.45, 2.75) is 26.8 Å². The molecule has 0 radical (unpaired) electrons. The predicted molar refractivity (Wildman–Crippen MR) is 82.7 cm³/mol. The van der Waals surface area contributed by atoms with Gasteiger partial charge >= 0.3 is 0 Å². The number of nitrogens with zero attached hydrogens (tertiary/aromatic N) is 3. The van der Waals surface area contributed by atoms with Crippen LogP contribution < -0.4 is 10.6 Å². The molecule has 7 heteroatoms. The molecule has 2 aromatic rings. The highest BCUT2D eigenvalue weighted by Crippen LogP contribution is 2.22. The zero-order valence-corrected chi connectivity index (χ0v) is 13.3. The van der Waals surface area contributed by atoms with E-state index in [1.54, 1.807) is 17.5 Å². The van der Waals surface area contributed by atoms with E-state index in [1.165, 1.54) is 4.88 Å². The minimum absolute atomic E-state index is 0.647. The maximum absolute atomic E-state index is 4.44. The Balaban J connectivity index is 2.04. The molecule has 0 unspecified atom stereocenters. The highest BCUT2D eigenvalue weighted by Gasteiger charge is 2.06. The zero-order valence-electron chi connectivity index (χ0n) is 10.9. The predicted octanol–water partition coefficient (Wildman–Crippen LogP) is 3.44. The van der Waals surface area contributed by atoms with Gasteiger partial charge in [0.25, 0.3) is 0 Å². The second-order valence-corrected chi connectivity index (χ2v) is 5.83. The molecule has 0 atom stereocenters. The number of thiazole rings is 1. The van der Waals surface area contributed by atoms with Crippen molar-refractivity contribution in [3.63, 3.8) is 0 Å². The molecule has 0 bridgehead atoms. The van der Waals surface area contributed by atoms with Crippen molar-refractivity contribution < 1.29 is 0 Å². The Labute approximate surface area is 125 Å². The van der Waals surface area contributed by atoms with E-state index in [0.29, 0.717) is 5.95 Å². The molecule has 0 aliphatic heterocycles. The molecule has 2 N–H and O–H groups in total. The van der Waals surface area contributed by atoms with E-state index in [2.05, 4.69) is 48.4 Å². The average molecular weight is 342 g/mol. The highest BCUT2D eigenvalue weighted by atomic mass is 79.9. The third-order valence-electron chi connectivity index (χ3n) is 2.54. The third kappa shape index (κ3) is 3.87. The largest absolute Gasteiger partial charge is 0.364 e. The smallest absolute Gasteiger partial charge is 0.224 e. The molecule has 19 heavy (non-hydrogen) atoms. The molecular formula is C12H16BrN5S. The lowest BCUT2D eigenvalue weighted by Crippen LogP contribution is -2.08. The van der Waals surface area contributed by atoms with Gasteiger partial charge in [-0.15, -0.1) is 11.3 Å². The number of rotatable bonds is 6. The fourth-order valence-electron chi connectivity index (χ4n) is 1.47. The van der Waals surface area contributed by atoms with Gasteiger partial charge in [-0.2, -0.15) is 4.98 Å². The Hall–Kier alpha value is -1.21. The highest BCUT2D eigenvalue weighted by molar-refractivity contribution is 9.10. The van der Waals surface area contributed by atoms with Gasteiger partial charge in [-0.25, -0.2) is 9.97 Å². The van der Waals surface area contributed by atoms with Crippen molar-refractivity contribution in [1.29, 1.82) is 0 Å². The van der Waals surface area contributed by atoms with Crippen molar-refractivity contribution >= 4 is 39.0 Å². The van der Waals surface area contributed by atoms with Gasteiger partial charge in [0.2, 0.25) is 5.95 Å². The van der Waals surface area contributed by atoms with E-state index in [9.17, 15) is 0 Å². The van der Waals surface area contributed by atoms with Gasteiger partial charge in [0, 0.05) is 17.6 Å². The van der Waals surface area contributed by atoms with Crippen LogP contribution in [0.2, 0.25) is 0 Å². The summed E-state index contributed by atoms with van der Waals surface area (Å²) in [4.78, 5) is 14.1. The summed E-state index contributed by atoms with van der Waals surface area (Å²) in [7, 11) is 0. The molecule has 102 valence electrons. The average Bonchev–Trinajstić information content (AvgIpc) is 2.82. The summed E-state index contributed by atoms with van der Waals surface area (Å²) >= 11 is 5.10. The molecule has 0 aromatic carbocycles. The lowest BCUT2D eigenvalue weighted by Gasteiger charge is -2.09. The van der Waals surface area contributed by atoms with E-state index in [-0.39, 0.29) is 0 Å². The van der Waals surface area contributed by atoms with E-state index in [0.717, 1.165) is 35.5 Å². The van der Waals surface area contributed by atoms with Crippen LogP contribution in [0.15, 0.2) is 16.2 Å². The maximum Gasteiger partial charge on any atom is 0.224 e. The van der Waals surface area contributed by atoms with Crippen LogP contribution in [0.4, 0.5) is 11.8 Å². The van der Waals surface area contributed by atoms with Crippen LogP contribution in [-0.2, 0) is 6.54 Å². The van der Waals surface area contributed by atoms with Crippen molar-refractivity contribution in [3.8, 4) is 0 Å². The van der Waals surface area contributed by atoms with Crippen molar-refractivity contribution in [1.82, 2.24) is 15.0 Å². The maximum atomic E-state index is 4.44. The second-order valence-electron chi connectivity index (χ2n) is 4.03. The molecule has 2 aromatic heterocycles. The standard InChI is InChI=1S/C12H16BrN5S/c1-3-4-14-12-16-5-9(13)11(18-12)15-6-10-8(2)17-7-19-10/h5,7H,3-4,6H2,1-2H3,(H2,14,15,16,18). The van der Waals surface area contributed by atoms with Gasteiger partial charge in [0.1, 0.15) is 5.82 Å². The quantitative estimate of drug-likeness (QED) is 0.842. The number of halogens is 1. The minimum atomic E-state index is 0.647. The Morgan fingerprint density at radius 2 is 2.16 bits per heavy atom. The number of anilines is 2. The van der Waals surface area contributed by atoms with Crippen LogP contribution in [0.1, 0.15) is 23.9 Å². The van der Waals surface area contributed by atoms with E-state index >= 15 is 0 Å². The first-order valence-corrected chi connectivity index (χ1v) is 7.77. The molecule has 0 amide bonds. The van der Waals surface area contributed by atoms with Gasteiger partial charge in [-0.05, 0) is 29.3 Å². The van der Waals surface area contributed by atoms with Crippen LogP contribution in [0.5, 0.6) is 0 Å². The van der Waals surface area contributed by atoms with E-state index in [4.69, 9.17) is 0 Å². The molecule has 0 spiro atoms. The number of nitrogens with one attached hydrogen (secondary N) is 2. The van der Waals surface area contributed by atoms with E-state index in [1.807, 2.05) is 12.4 Å².